The van der Waals surface area contributed by atoms with Gasteiger partial charge in [-0.3, -0.25) is 4.31 Å². The van der Waals surface area contributed by atoms with Crippen LogP contribution in [0.1, 0.15) is 11.5 Å². The van der Waals surface area contributed by atoms with E-state index in [0.29, 0.717) is 12.4 Å². The first-order valence-corrected chi connectivity index (χ1v) is 8.79. The van der Waals surface area contributed by atoms with Crippen LogP contribution in [0.4, 0.5) is 5.69 Å². The summed E-state index contributed by atoms with van der Waals surface area (Å²) in [5.74, 6) is 0.537. The Hall–Kier alpha value is -0.390. The van der Waals surface area contributed by atoms with Crippen molar-refractivity contribution in [2.24, 2.45) is 0 Å². The van der Waals surface area contributed by atoms with Gasteiger partial charge in [0.1, 0.15) is 0 Å². The number of benzene rings is 1. The molecule has 17 heavy (non-hydrogen) atoms. The Kier molecular flexibility index (Phi) is 3.61. The smallest absolute Gasteiger partial charge is 0.232 e. The van der Waals surface area contributed by atoms with E-state index in [1.165, 1.54) is 10.6 Å². The summed E-state index contributed by atoms with van der Waals surface area (Å²) in [6, 6.07) is 5.92. The van der Waals surface area contributed by atoms with Crippen LogP contribution in [-0.2, 0) is 10.0 Å². The fourth-order valence-corrected chi connectivity index (χ4v) is 3.72. The third-order valence-electron chi connectivity index (χ3n) is 2.92. The van der Waals surface area contributed by atoms with Gasteiger partial charge in [-0.25, -0.2) is 8.42 Å². The molecule has 2 rings (SSSR count). The maximum Gasteiger partial charge on any atom is 0.232 e. The van der Waals surface area contributed by atoms with Crippen LogP contribution in [0.3, 0.4) is 0 Å². The second-order valence-electron chi connectivity index (χ2n) is 4.07. The Morgan fingerprint density at radius 1 is 1.53 bits per heavy atom. The molecule has 1 atom stereocenters. The summed E-state index contributed by atoms with van der Waals surface area (Å²) in [7, 11) is -3.22. The Balaban J connectivity index is 2.53. The van der Waals surface area contributed by atoms with E-state index < -0.39 is 10.0 Å². The number of anilines is 1. The number of nitrogens with zero attached hydrogens (tertiary/aromatic N) is 1. The van der Waals surface area contributed by atoms with Crippen LogP contribution in [0, 0.1) is 0 Å². The molecule has 1 aliphatic heterocycles. The zero-order valence-electron chi connectivity index (χ0n) is 9.68. The average Bonchev–Trinajstić information content (AvgIpc) is 2.66. The van der Waals surface area contributed by atoms with E-state index in [1.807, 2.05) is 24.5 Å². The first-order chi connectivity index (χ1) is 7.97. The van der Waals surface area contributed by atoms with E-state index >= 15 is 0 Å². The predicted octanol–water partition coefficient (Wildman–Crippen LogP) is 2.51. The quantitative estimate of drug-likeness (QED) is 0.634. The molecular weight excluding hydrogens is 278 g/mol. The molecule has 0 radical (unpaired) electrons. The van der Waals surface area contributed by atoms with Gasteiger partial charge in [0.15, 0.2) is 0 Å². The maximum atomic E-state index is 11.7. The van der Waals surface area contributed by atoms with Gasteiger partial charge >= 0.3 is 0 Å². The number of fused-ring (bicyclic) bond motifs is 1. The minimum atomic E-state index is -3.22. The van der Waals surface area contributed by atoms with Gasteiger partial charge in [-0.15, -0.1) is 23.4 Å². The van der Waals surface area contributed by atoms with Gasteiger partial charge in [-0.05, 0) is 24.0 Å². The SMILES string of the molecule is CSc1ccc2c(c1)N(S(C)(=O)=O)CC2CCl. The first kappa shape index (κ1) is 13.1. The number of hydrogen-bond donors (Lipinski definition) is 0. The summed E-state index contributed by atoms with van der Waals surface area (Å²) in [5, 5.41) is 0. The van der Waals surface area contributed by atoms with Crippen molar-refractivity contribution in [3.8, 4) is 0 Å². The predicted molar refractivity (Wildman–Crippen MR) is 73.9 cm³/mol. The molecule has 0 saturated heterocycles. The second kappa shape index (κ2) is 4.71. The highest BCUT2D eigenvalue weighted by Gasteiger charge is 2.33. The van der Waals surface area contributed by atoms with Gasteiger partial charge < -0.3 is 0 Å². The van der Waals surface area contributed by atoms with E-state index in [1.54, 1.807) is 11.8 Å². The zero-order chi connectivity index (χ0) is 12.6. The standard InChI is InChI=1S/C11H14ClNO2S2/c1-16-9-3-4-10-8(6-12)7-13(11(10)5-9)17(2,14)15/h3-5,8H,6-7H2,1-2H3. The van der Waals surface area contributed by atoms with Gasteiger partial charge in [-0.1, -0.05) is 6.07 Å². The molecule has 0 N–H and O–H groups in total. The van der Waals surface area contributed by atoms with Gasteiger partial charge in [0.05, 0.1) is 11.9 Å². The molecular formula is C11H14ClNO2S2. The van der Waals surface area contributed by atoms with Crippen LogP contribution in [0.25, 0.3) is 0 Å². The van der Waals surface area contributed by atoms with Crippen molar-refractivity contribution in [1.82, 2.24) is 0 Å². The van der Waals surface area contributed by atoms with Gasteiger partial charge in [0.25, 0.3) is 0 Å². The summed E-state index contributed by atoms with van der Waals surface area (Å²) in [6.07, 6.45) is 3.21. The van der Waals surface area contributed by atoms with Crippen molar-refractivity contribution in [2.75, 3.05) is 29.2 Å². The molecule has 0 bridgehead atoms. The highest BCUT2D eigenvalue weighted by molar-refractivity contribution is 7.98. The summed E-state index contributed by atoms with van der Waals surface area (Å²) in [5.41, 5.74) is 1.81. The van der Waals surface area contributed by atoms with Crippen molar-refractivity contribution in [1.29, 1.82) is 0 Å². The lowest BCUT2D eigenvalue weighted by Gasteiger charge is -2.17. The molecule has 0 aliphatic carbocycles. The van der Waals surface area contributed by atoms with E-state index in [-0.39, 0.29) is 5.92 Å². The molecule has 94 valence electrons. The number of halogens is 1. The normalized spacial score (nSPS) is 19.5. The largest absolute Gasteiger partial charge is 0.269 e. The topological polar surface area (TPSA) is 37.4 Å². The maximum absolute atomic E-state index is 11.7. The van der Waals surface area contributed by atoms with Crippen molar-refractivity contribution in [3.05, 3.63) is 23.8 Å². The molecule has 6 heteroatoms. The lowest BCUT2D eigenvalue weighted by molar-refractivity contribution is 0.596. The monoisotopic (exact) mass is 291 g/mol. The lowest BCUT2D eigenvalue weighted by Crippen LogP contribution is -2.28. The molecule has 1 heterocycles. The second-order valence-corrected chi connectivity index (χ2v) is 7.17. The molecule has 1 aromatic rings. The van der Waals surface area contributed by atoms with E-state index in [9.17, 15) is 8.42 Å². The molecule has 1 aromatic carbocycles. The Bertz CT molecular complexity index is 530. The van der Waals surface area contributed by atoms with E-state index in [0.717, 1.165) is 16.1 Å². The molecule has 0 saturated carbocycles. The molecule has 0 aromatic heterocycles. The number of sulfonamides is 1. The Morgan fingerprint density at radius 3 is 2.76 bits per heavy atom. The minimum Gasteiger partial charge on any atom is -0.269 e. The summed E-state index contributed by atoms with van der Waals surface area (Å²) < 4.78 is 24.9. The average molecular weight is 292 g/mol. The van der Waals surface area contributed by atoms with Crippen molar-refractivity contribution in [2.45, 2.75) is 10.8 Å². The third kappa shape index (κ3) is 2.41. The van der Waals surface area contributed by atoms with Crippen LogP contribution < -0.4 is 4.31 Å². The highest BCUT2D eigenvalue weighted by atomic mass is 35.5. The van der Waals surface area contributed by atoms with Gasteiger partial charge in [0, 0.05) is 23.2 Å². The lowest BCUT2D eigenvalue weighted by atomic mass is 10.0. The van der Waals surface area contributed by atoms with Gasteiger partial charge in [-0.2, -0.15) is 0 Å². The Labute approximate surface area is 111 Å². The highest BCUT2D eigenvalue weighted by Crippen LogP contribution is 2.40. The summed E-state index contributed by atoms with van der Waals surface area (Å²) in [6.45, 7) is 0.454. The fraction of sp³-hybridized carbons (Fsp3) is 0.455. The molecule has 0 amide bonds. The molecule has 1 aliphatic rings. The number of alkyl halides is 1. The van der Waals surface area contributed by atoms with Crippen LogP contribution in [-0.4, -0.2) is 33.4 Å². The number of thioether (sulfide) groups is 1. The first-order valence-electron chi connectivity index (χ1n) is 5.19. The number of hydrogen-bond acceptors (Lipinski definition) is 3. The summed E-state index contributed by atoms with van der Waals surface area (Å²) >= 11 is 7.50. The van der Waals surface area contributed by atoms with Crippen molar-refractivity contribution >= 4 is 39.1 Å². The van der Waals surface area contributed by atoms with Gasteiger partial charge in [0.2, 0.25) is 10.0 Å². The molecule has 0 spiro atoms. The molecule has 0 fully saturated rings. The number of rotatable bonds is 3. The van der Waals surface area contributed by atoms with E-state index in [4.69, 9.17) is 11.6 Å². The van der Waals surface area contributed by atoms with Crippen molar-refractivity contribution in [3.63, 3.8) is 0 Å². The van der Waals surface area contributed by atoms with Crippen LogP contribution >= 0.6 is 23.4 Å². The Morgan fingerprint density at radius 2 is 2.24 bits per heavy atom. The minimum absolute atomic E-state index is 0.0947. The fourth-order valence-electron chi connectivity index (χ4n) is 2.05. The van der Waals surface area contributed by atoms with Crippen LogP contribution in [0.2, 0.25) is 0 Å². The third-order valence-corrected chi connectivity index (χ3v) is 5.16. The summed E-state index contributed by atoms with van der Waals surface area (Å²) in [4.78, 5) is 1.06. The van der Waals surface area contributed by atoms with Crippen molar-refractivity contribution < 1.29 is 8.42 Å². The van der Waals surface area contributed by atoms with Crippen LogP contribution in [0.15, 0.2) is 23.1 Å². The van der Waals surface area contributed by atoms with Crippen LogP contribution in [0.5, 0.6) is 0 Å². The molecule has 3 nitrogen and oxygen atoms in total. The van der Waals surface area contributed by atoms with E-state index in [2.05, 4.69) is 0 Å². The molecule has 1 unspecified atom stereocenters. The zero-order valence-corrected chi connectivity index (χ0v) is 12.1.